The summed E-state index contributed by atoms with van der Waals surface area (Å²) < 4.78 is 5.00. The van der Waals surface area contributed by atoms with Crippen molar-refractivity contribution in [1.82, 2.24) is 0 Å². The van der Waals surface area contributed by atoms with Gasteiger partial charge >= 0.3 is 0 Å². The molecule has 1 aromatic carbocycles. The Hall–Kier alpha value is -2.06. The van der Waals surface area contributed by atoms with Crippen LogP contribution in [0.3, 0.4) is 0 Å². The number of non-ortho nitro benzene ring substituents is 1. The standard InChI is InChI=1S/C11H11NO4/c1-16-11-8-10(12(14)15)6-5-9(11)4-2-3-7-13/h5-6,8,13H,3,7H2,1H3. The first-order valence-electron chi connectivity index (χ1n) is 4.61. The van der Waals surface area contributed by atoms with Gasteiger partial charge in [0, 0.05) is 12.5 Å². The zero-order chi connectivity index (χ0) is 12.0. The summed E-state index contributed by atoms with van der Waals surface area (Å²) in [4.78, 5) is 10.0. The van der Waals surface area contributed by atoms with Gasteiger partial charge in [-0.15, -0.1) is 0 Å². The second-order valence-corrected chi connectivity index (χ2v) is 2.92. The summed E-state index contributed by atoms with van der Waals surface area (Å²) in [6, 6.07) is 4.22. The molecule has 0 aromatic heterocycles. The second kappa shape index (κ2) is 5.73. The predicted molar refractivity (Wildman–Crippen MR) is 58.2 cm³/mol. The molecule has 1 aromatic rings. The summed E-state index contributed by atoms with van der Waals surface area (Å²) in [7, 11) is 1.43. The van der Waals surface area contributed by atoms with Crippen LogP contribution in [0.1, 0.15) is 12.0 Å². The van der Waals surface area contributed by atoms with Crippen LogP contribution in [-0.4, -0.2) is 23.7 Å². The summed E-state index contributed by atoms with van der Waals surface area (Å²) >= 11 is 0. The molecule has 1 rings (SSSR count). The molecule has 0 saturated carbocycles. The molecule has 16 heavy (non-hydrogen) atoms. The van der Waals surface area contributed by atoms with Crippen LogP contribution in [0.4, 0.5) is 5.69 Å². The summed E-state index contributed by atoms with van der Waals surface area (Å²) in [5, 5.41) is 19.1. The number of nitrogens with zero attached hydrogens (tertiary/aromatic N) is 1. The lowest BCUT2D eigenvalue weighted by molar-refractivity contribution is -0.384. The Kier molecular flexibility index (Phi) is 4.30. The van der Waals surface area contributed by atoms with Gasteiger partial charge in [-0.25, -0.2) is 0 Å². The molecule has 0 heterocycles. The van der Waals surface area contributed by atoms with Gasteiger partial charge in [0.2, 0.25) is 0 Å². The third kappa shape index (κ3) is 2.97. The summed E-state index contributed by atoms with van der Waals surface area (Å²) in [5.41, 5.74) is 0.533. The lowest BCUT2D eigenvalue weighted by atomic mass is 10.2. The summed E-state index contributed by atoms with van der Waals surface area (Å²) in [6.07, 6.45) is 0.361. The zero-order valence-electron chi connectivity index (χ0n) is 8.77. The minimum Gasteiger partial charge on any atom is -0.495 e. The monoisotopic (exact) mass is 221 g/mol. The topological polar surface area (TPSA) is 72.6 Å². The van der Waals surface area contributed by atoms with E-state index in [9.17, 15) is 10.1 Å². The third-order valence-corrected chi connectivity index (χ3v) is 1.86. The zero-order valence-corrected chi connectivity index (χ0v) is 8.77. The molecule has 1 N–H and O–H groups in total. The van der Waals surface area contributed by atoms with Gasteiger partial charge in [-0.2, -0.15) is 0 Å². The van der Waals surface area contributed by atoms with Gasteiger partial charge in [0.25, 0.3) is 5.69 Å². The minimum atomic E-state index is -0.493. The Morgan fingerprint density at radius 1 is 1.56 bits per heavy atom. The molecule has 0 spiro atoms. The maximum Gasteiger partial charge on any atom is 0.273 e. The van der Waals surface area contributed by atoms with Crippen molar-refractivity contribution < 1.29 is 14.8 Å². The fourth-order valence-corrected chi connectivity index (χ4v) is 1.11. The first-order valence-corrected chi connectivity index (χ1v) is 4.61. The highest BCUT2D eigenvalue weighted by Gasteiger charge is 2.09. The van der Waals surface area contributed by atoms with Gasteiger partial charge < -0.3 is 9.84 Å². The Morgan fingerprint density at radius 3 is 2.88 bits per heavy atom. The van der Waals surface area contributed by atoms with Crippen LogP contribution in [0.15, 0.2) is 18.2 Å². The molecule has 0 fully saturated rings. The fourth-order valence-electron chi connectivity index (χ4n) is 1.11. The van der Waals surface area contributed by atoms with E-state index in [1.54, 1.807) is 0 Å². The quantitative estimate of drug-likeness (QED) is 0.475. The van der Waals surface area contributed by atoms with E-state index in [0.29, 0.717) is 17.7 Å². The molecule has 0 saturated heterocycles. The molecule has 0 amide bonds. The van der Waals surface area contributed by atoms with Gasteiger partial charge in [0.1, 0.15) is 5.75 Å². The number of aliphatic hydroxyl groups excluding tert-OH is 1. The number of hydrogen-bond acceptors (Lipinski definition) is 4. The van der Waals surface area contributed by atoms with Crippen molar-refractivity contribution in [3.63, 3.8) is 0 Å². The normalized spacial score (nSPS) is 9.12. The fraction of sp³-hybridized carbons (Fsp3) is 0.273. The molecular formula is C11H11NO4. The highest BCUT2D eigenvalue weighted by molar-refractivity contribution is 5.51. The van der Waals surface area contributed by atoms with E-state index in [4.69, 9.17) is 9.84 Å². The van der Waals surface area contributed by atoms with Crippen molar-refractivity contribution in [2.75, 3.05) is 13.7 Å². The van der Waals surface area contributed by atoms with Crippen LogP contribution >= 0.6 is 0 Å². The van der Waals surface area contributed by atoms with E-state index < -0.39 is 4.92 Å². The lowest BCUT2D eigenvalue weighted by Crippen LogP contribution is -1.92. The second-order valence-electron chi connectivity index (χ2n) is 2.92. The van der Waals surface area contributed by atoms with Gasteiger partial charge in [-0.3, -0.25) is 10.1 Å². The maximum absolute atomic E-state index is 10.5. The molecule has 0 unspecified atom stereocenters. The van der Waals surface area contributed by atoms with E-state index in [2.05, 4.69) is 11.8 Å². The van der Waals surface area contributed by atoms with Crippen molar-refractivity contribution >= 4 is 5.69 Å². The maximum atomic E-state index is 10.5. The van der Waals surface area contributed by atoms with Gasteiger partial charge in [-0.1, -0.05) is 11.8 Å². The van der Waals surface area contributed by atoms with Crippen LogP contribution in [0.2, 0.25) is 0 Å². The van der Waals surface area contributed by atoms with Crippen LogP contribution < -0.4 is 4.74 Å². The molecule has 0 bridgehead atoms. The molecule has 0 aliphatic carbocycles. The molecule has 0 atom stereocenters. The molecule has 0 radical (unpaired) electrons. The van der Waals surface area contributed by atoms with Crippen LogP contribution in [0.5, 0.6) is 5.75 Å². The molecule has 5 nitrogen and oxygen atoms in total. The highest BCUT2D eigenvalue weighted by atomic mass is 16.6. The van der Waals surface area contributed by atoms with Gasteiger partial charge in [-0.05, 0) is 6.07 Å². The van der Waals surface area contributed by atoms with Gasteiger partial charge in [0.15, 0.2) is 0 Å². The first-order chi connectivity index (χ1) is 7.69. The Bertz CT molecular complexity index is 445. The number of methoxy groups -OCH3 is 1. The highest BCUT2D eigenvalue weighted by Crippen LogP contribution is 2.23. The van der Waals surface area contributed by atoms with Crippen LogP contribution in [-0.2, 0) is 0 Å². The van der Waals surface area contributed by atoms with Crippen molar-refractivity contribution in [2.45, 2.75) is 6.42 Å². The average molecular weight is 221 g/mol. The van der Waals surface area contributed by atoms with Gasteiger partial charge in [0.05, 0.1) is 30.3 Å². The molecular weight excluding hydrogens is 210 g/mol. The van der Waals surface area contributed by atoms with Crippen molar-refractivity contribution in [3.8, 4) is 17.6 Å². The van der Waals surface area contributed by atoms with Crippen LogP contribution in [0.25, 0.3) is 0 Å². The molecule has 0 aliphatic rings. The smallest absolute Gasteiger partial charge is 0.273 e. The van der Waals surface area contributed by atoms with Crippen molar-refractivity contribution in [3.05, 3.63) is 33.9 Å². The van der Waals surface area contributed by atoms with E-state index in [0.717, 1.165) is 0 Å². The summed E-state index contributed by atoms with van der Waals surface area (Å²) in [6.45, 7) is -0.0116. The average Bonchev–Trinajstić information content (AvgIpc) is 2.29. The van der Waals surface area contributed by atoms with Crippen LogP contribution in [0, 0.1) is 22.0 Å². The number of ether oxygens (including phenoxy) is 1. The Balaban J connectivity index is 3.03. The number of hydrogen-bond donors (Lipinski definition) is 1. The number of rotatable bonds is 3. The van der Waals surface area contributed by atoms with E-state index in [1.165, 1.54) is 25.3 Å². The van der Waals surface area contributed by atoms with E-state index in [-0.39, 0.29) is 12.3 Å². The predicted octanol–water partition coefficient (Wildman–Crippen LogP) is 1.34. The molecule has 5 heteroatoms. The Labute approximate surface area is 92.8 Å². The first kappa shape index (κ1) is 12.0. The third-order valence-electron chi connectivity index (χ3n) is 1.86. The minimum absolute atomic E-state index is 0.0116. The largest absolute Gasteiger partial charge is 0.495 e. The lowest BCUT2D eigenvalue weighted by Gasteiger charge is -2.02. The Morgan fingerprint density at radius 2 is 2.31 bits per heavy atom. The van der Waals surface area contributed by atoms with E-state index in [1.807, 2.05) is 0 Å². The van der Waals surface area contributed by atoms with Crippen molar-refractivity contribution in [1.29, 1.82) is 0 Å². The van der Waals surface area contributed by atoms with Crippen molar-refractivity contribution in [2.24, 2.45) is 0 Å². The number of nitro benzene ring substituents is 1. The number of benzene rings is 1. The molecule has 0 aliphatic heterocycles. The van der Waals surface area contributed by atoms with E-state index >= 15 is 0 Å². The number of aliphatic hydroxyl groups is 1. The number of nitro groups is 1. The SMILES string of the molecule is COc1cc([N+](=O)[O-])ccc1C#CCCO. The summed E-state index contributed by atoms with van der Waals surface area (Å²) in [5.74, 6) is 5.86. The molecule has 84 valence electrons.